The maximum Gasteiger partial charge on any atom is 0.417 e. The largest absolute Gasteiger partial charge is 0.475 e. The number of guanidine groups is 1. The van der Waals surface area contributed by atoms with Crippen LogP contribution >= 0.6 is 11.6 Å². The van der Waals surface area contributed by atoms with Crippen LogP contribution in [0.15, 0.2) is 17.3 Å². The summed E-state index contributed by atoms with van der Waals surface area (Å²) in [5.74, 6) is 0.519. The number of pyridine rings is 1. The first-order valence-corrected chi connectivity index (χ1v) is 8.84. The summed E-state index contributed by atoms with van der Waals surface area (Å²) in [4.78, 5) is 19.1. The number of carbonyl (C=O) groups is 1. The van der Waals surface area contributed by atoms with Crippen LogP contribution < -0.4 is 20.7 Å². The number of hydrogen-bond acceptors (Lipinski definition) is 4. The van der Waals surface area contributed by atoms with Crippen molar-refractivity contribution in [3.05, 3.63) is 22.8 Å². The Kier molecular flexibility index (Phi) is 7.52. The van der Waals surface area contributed by atoms with Crippen molar-refractivity contribution in [2.24, 2.45) is 4.99 Å². The summed E-state index contributed by atoms with van der Waals surface area (Å²) in [5, 5.41) is 8.86. The third kappa shape index (κ3) is 6.78. The van der Waals surface area contributed by atoms with Gasteiger partial charge in [0.2, 0.25) is 11.8 Å². The van der Waals surface area contributed by atoms with Gasteiger partial charge in [0.05, 0.1) is 12.1 Å². The maximum absolute atomic E-state index is 12.6. The summed E-state index contributed by atoms with van der Waals surface area (Å²) < 4.78 is 43.1. The van der Waals surface area contributed by atoms with Crippen molar-refractivity contribution in [3.63, 3.8) is 0 Å². The molecule has 27 heavy (non-hydrogen) atoms. The van der Waals surface area contributed by atoms with Crippen molar-refractivity contribution < 1.29 is 22.7 Å². The Morgan fingerprint density at radius 3 is 2.89 bits per heavy atom. The predicted molar refractivity (Wildman–Crippen MR) is 94.9 cm³/mol. The molecule has 1 fully saturated rings. The van der Waals surface area contributed by atoms with E-state index in [0.717, 1.165) is 6.07 Å². The van der Waals surface area contributed by atoms with Crippen LogP contribution in [0.1, 0.15) is 25.3 Å². The zero-order valence-corrected chi connectivity index (χ0v) is 15.5. The Bertz CT molecular complexity index is 675. The van der Waals surface area contributed by atoms with Crippen molar-refractivity contribution >= 4 is 23.5 Å². The number of nitrogens with zero attached hydrogens (tertiary/aromatic N) is 2. The third-order valence-electron chi connectivity index (χ3n) is 3.69. The second-order valence-electron chi connectivity index (χ2n) is 5.80. The van der Waals surface area contributed by atoms with Crippen LogP contribution in [0, 0.1) is 0 Å². The molecule has 0 saturated carbocycles. The van der Waals surface area contributed by atoms with Gasteiger partial charge in [-0.15, -0.1) is 0 Å². The minimum Gasteiger partial charge on any atom is -0.475 e. The highest BCUT2D eigenvalue weighted by atomic mass is 35.5. The molecule has 1 atom stereocenters. The molecular formula is C16H21ClF3N5O2. The molecule has 1 aliphatic rings. The molecule has 1 aliphatic heterocycles. The second kappa shape index (κ2) is 9.63. The predicted octanol–water partition coefficient (Wildman–Crippen LogP) is 1.97. The lowest BCUT2D eigenvalue weighted by molar-refractivity contribution is -0.137. The lowest BCUT2D eigenvalue weighted by atomic mass is 10.1. The monoisotopic (exact) mass is 407 g/mol. The number of rotatable bonds is 6. The van der Waals surface area contributed by atoms with Crippen LogP contribution in [-0.4, -0.2) is 49.1 Å². The molecule has 1 aromatic rings. The first kappa shape index (κ1) is 21.1. The molecule has 0 aromatic carbocycles. The van der Waals surface area contributed by atoms with Gasteiger partial charge in [-0.25, -0.2) is 9.98 Å². The topological polar surface area (TPSA) is 87.6 Å². The highest BCUT2D eigenvalue weighted by Crippen LogP contribution is 2.32. The standard InChI is InChI=1S/C16H21ClF3N5O2/c1-2-21-15(25-11-3-4-13(26)23-9-11)22-5-6-27-14-12(17)7-10(8-24-14)16(18,19)20/h7-8,11H,2-6,9H2,1H3,(H,23,26)(H2,21,22,25). The number of nitrogens with one attached hydrogen (secondary N) is 3. The summed E-state index contributed by atoms with van der Waals surface area (Å²) in [5.41, 5.74) is -0.934. The quantitative estimate of drug-likeness (QED) is 0.381. The number of ether oxygens (including phenoxy) is 1. The van der Waals surface area contributed by atoms with Gasteiger partial charge in [-0.3, -0.25) is 4.79 Å². The Labute approximate surface area is 159 Å². The first-order valence-electron chi connectivity index (χ1n) is 8.46. The van der Waals surface area contributed by atoms with Gasteiger partial charge in [0.1, 0.15) is 11.6 Å². The van der Waals surface area contributed by atoms with Crippen molar-refractivity contribution in [2.45, 2.75) is 32.0 Å². The first-order chi connectivity index (χ1) is 12.8. The van der Waals surface area contributed by atoms with Crippen LogP contribution in [0.5, 0.6) is 5.88 Å². The van der Waals surface area contributed by atoms with Gasteiger partial charge in [0.25, 0.3) is 0 Å². The molecule has 0 spiro atoms. The lowest BCUT2D eigenvalue weighted by Gasteiger charge is -2.25. The van der Waals surface area contributed by atoms with Gasteiger partial charge in [0, 0.05) is 31.7 Å². The van der Waals surface area contributed by atoms with E-state index < -0.39 is 11.7 Å². The van der Waals surface area contributed by atoms with E-state index in [1.165, 1.54) is 0 Å². The SMILES string of the molecule is CCNC(=NCCOc1ncc(C(F)(F)F)cc1Cl)NC1CCC(=O)NC1. The zero-order valence-electron chi connectivity index (χ0n) is 14.7. The van der Waals surface area contributed by atoms with Crippen molar-refractivity contribution in [2.75, 3.05) is 26.2 Å². The molecule has 0 radical (unpaired) electrons. The van der Waals surface area contributed by atoms with Crippen LogP contribution in [0.25, 0.3) is 0 Å². The van der Waals surface area contributed by atoms with E-state index >= 15 is 0 Å². The number of aliphatic imine (C=N–C) groups is 1. The molecule has 2 heterocycles. The van der Waals surface area contributed by atoms with E-state index in [4.69, 9.17) is 16.3 Å². The molecule has 7 nitrogen and oxygen atoms in total. The van der Waals surface area contributed by atoms with E-state index in [9.17, 15) is 18.0 Å². The van der Waals surface area contributed by atoms with Crippen molar-refractivity contribution in [1.82, 2.24) is 20.9 Å². The van der Waals surface area contributed by atoms with E-state index in [1.54, 1.807) is 0 Å². The number of piperidine rings is 1. The van der Waals surface area contributed by atoms with E-state index in [1.807, 2.05) is 6.92 Å². The number of hydrogen-bond donors (Lipinski definition) is 3. The van der Waals surface area contributed by atoms with Gasteiger partial charge in [0.15, 0.2) is 5.96 Å². The fraction of sp³-hybridized carbons (Fsp3) is 0.562. The summed E-state index contributed by atoms with van der Waals surface area (Å²) in [6.07, 6.45) is -2.67. The number of amides is 1. The number of halogens is 4. The average Bonchev–Trinajstić information content (AvgIpc) is 2.61. The number of alkyl halides is 3. The van der Waals surface area contributed by atoms with Gasteiger partial charge < -0.3 is 20.7 Å². The van der Waals surface area contributed by atoms with Crippen LogP contribution in [0.4, 0.5) is 13.2 Å². The average molecular weight is 408 g/mol. The summed E-state index contributed by atoms with van der Waals surface area (Å²) >= 11 is 5.78. The summed E-state index contributed by atoms with van der Waals surface area (Å²) in [7, 11) is 0. The fourth-order valence-corrected chi connectivity index (χ4v) is 2.58. The van der Waals surface area contributed by atoms with Gasteiger partial charge in [-0.2, -0.15) is 13.2 Å². The molecular weight excluding hydrogens is 387 g/mol. The van der Waals surface area contributed by atoms with E-state index in [0.29, 0.717) is 38.1 Å². The minimum absolute atomic E-state index is 0.0318. The molecule has 1 unspecified atom stereocenters. The number of carbonyl (C=O) groups excluding carboxylic acids is 1. The van der Waals surface area contributed by atoms with Crippen molar-refractivity contribution in [3.8, 4) is 5.88 Å². The van der Waals surface area contributed by atoms with Crippen LogP contribution in [0.2, 0.25) is 5.02 Å². The molecule has 0 bridgehead atoms. The lowest BCUT2D eigenvalue weighted by Crippen LogP contribution is -2.51. The van der Waals surface area contributed by atoms with Gasteiger partial charge in [-0.05, 0) is 19.4 Å². The molecule has 150 valence electrons. The van der Waals surface area contributed by atoms with E-state index in [2.05, 4.69) is 25.9 Å². The van der Waals surface area contributed by atoms with E-state index in [-0.39, 0.29) is 36.0 Å². The second-order valence-corrected chi connectivity index (χ2v) is 6.21. The maximum atomic E-state index is 12.6. The molecule has 0 aliphatic carbocycles. The third-order valence-corrected chi connectivity index (χ3v) is 3.96. The van der Waals surface area contributed by atoms with Crippen LogP contribution in [-0.2, 0) is 11.0 Å². The molecule has 11 heteroatoms. The normalized spacial score (nSPS) is 18.0. The molecule has 1 saturated heterocycles. The highest BCUT2D eigenvalue weighted by molar-refractivity contribution is 6.31. The van der Waals surface area contributed by atoms with Crippen molar-refractivity contribution in [1.29, 1.82) is 0 Å². The Balaban J connectivity index is 1.85. The fourth-order valence-electron chi connectivity index (χ4n) is 2.36. The Hall–Kier alpha value is -2.23. The summed E-state index contributed by atoms with van der Waals surface area (Å²) in [6, 6.07) is 0.850. The highest BCUT2D eigenvalue weighted by Gasteiger charge is 2.31. The molecule has 1 aromatic heterocycles. The summed E-state index contributed by atoms with van der Waals surface area (Å²) in [6.45, 7) is 3.43. The van der Waals surface area contributed by atoms with Crippen LogP contribution in [0.3, 0.4) is 0 Å². The molecule has 2 rings (SSSR count). The molecule has 1 amide bonds. The molecule has 3 N–H and O–H groups in total. The Morgan fingerprint density at radius 2 is 2.30 bits per heavy atom. The Morgan fingerprint density at radius 1 is 1.52 bits per heavy atom. The smallest absolute Gasteiger partial charge is 0.417 e. The number of aromatic nitrogens is 1. The van der Waals surface area contributed by atoms with Gasteiger partial charge >= 0.3 is 6.18 Å². The zero-order chi connectivity index (χ0) is 19.9. The minimum atomic E-state index is -4.51. The van der Waals surface area contributed by atoms with Gasteiger partial charge in [-0.1, -0.05) is 11.6 Å².